The van der Waals surface area contributed by atoms with Gasteiger partial charge in [-0.3, -0.25) is 0 Å². The van der Waals surface area contributed by atoms with Gasteiger partial charge in [0.1, 0.15) is 5.82 Å². The third-order valence-corrected chi connectivity index (χ3v) is 3.34. The lowest BCUT2D eigenvalue weighted by Gasteiger charge is -2.19. The number of halogens is 1. The fraction of sp³-hybridized carbons (Fsp3) is 0.583. The smallest absolute Gasteiger partial charge is 0.142 e. The molecule has 0 saturated heterocycles. The molecular weight excluding hydrogens is 268 g/mol. The Balaban J connectivity index is 1.73. The van der Waals surface area contributed by atoms with Crippen LogP contribution >= 0.6 is 15.9 Å². The molecule has 1 fully saturated rings. The summed E-state index contributed by atoms with van der Waals surface area (Å²) in [5, 5.41) is 0. The minimum atomic E-state index is 0.774. The van der Waals surface area contributed by atoms with E-state index >= 15 is 0 Å². The Morgan fingerprint density at radius 2 is 2.38 bits per heavy atom. The molecule has 0 radical (unpaired) electrons. The average molecular weight is 285 g/mol. The number of nitrogens with zero attached hydrogens (tertiary/aromatic N) is 2. The highest BCUT2D eigenvalue weighted by molar-refractivity contribution is 9.10. The van der Waals surface area contributed by atoms with E-state index in [0.29, 0.717) is 0 Å². The molecule has 0 atom stereocenters. The van der Waals surface area contributed by atoms with Gasteiger partial charge in [0.25, 0.3) is 0 Å². The summed E-state index contributed by atoms with van der Waals surface area (Å²) in [5.41, 5.74) is 0. The molecule has 1 heterocycles. The van der Waals surface area contributed by atoms with Crippen molar-refractivity contribution in [2.24, 2.45) is 5.92 Å². The van der Waals surface area contributed by atoms with Crippen LogP contribution in [0.1, 0.15) is 12.8 Å². The minimum Gasteiger partial charge on any atom is -0.379 e. The molecule has 0 spiro atoms. The van der Waals surface area contributed by atoms with E-state index in [2.05, 4.69) is 25.8 Å². The fourth-order valence-electron chi connectivity index (χ4n) is 1.50. The summed E-state index contributed by atoms with van der Waals surface area (Å²) in [6, 6.07) is 3.93. The molecule has 4 heteroatoms. The highest BCUT2D eigenvalue weighted by atomic mass is 79.9. The van der Waals surface area contributed by atoms with Gasteiger partial charge in [-0.2, -0.15) is 0 Å². The van der Waals surface area contributed by atoms with E-state index < -0.39 is 0 Å². The zero-order valence-electron chi connectivity index (χ0n) is 9.53. The molecule has 0 N–H and O–H groups in total. The van der Waals surface area contributed by atoms with E-state index in [1.54, 1.807) is 0 Å². The zero-order valence-corrected chi connectivity index (χ0v) is 11.1. The molecule has 1 aliphatic rings. The third kappa shape index (κ3) is 3.46. The number of anilines is 1. The zero-order chi connectivity index (χ0) is 11.4. The summed E-state index contributed by atoms with van der Waals surface area (Å²) in [5.74, 6) is 1.81. The number of likely N-dealkylation sites (N-methyl/N-ethyl adjacent to an activating group) is 1. The van der Waals surface area contributed by atoms with E-state index in [1.165, 1.54) is 12.8 Å². The van der Waals surface area contributed by atoms with E-state index in [-0.39, 0.29) is 0 Å². The first-order chi connectivity index (χ1) is 7.77. The van der Waals surface area contributed by atoms with Gasteiger partial charge in [0.05, 0.1) is 11.1 Å². The fourth-order valence-corrected chi connectivity index (χ4v) is 2.06. The predicted octanol–water partition coefficient (Wildman–Crippen LogP) is 2.71. The Bertz CT molecular complexity index is 342. The summed E-state index contributed by atoms with van der Waals surface area (Å²) >= 11 is 3.49. The van der Waals surface area contributed by atoms with Gasteiger partial charge in [-0.15, -0.1) is 0 Å². The molecule has 0 bridgehead atoms. The van der Waals surface area contributed by atoms with Crippen LogP contribution in [0.2, 0.25) is 0 Å². The first-order valence-corrected chi connectivity index (χ1v) is 6.46. The van der Waals surface area contributed by atoms with Crippen molar-refractivity contribution in [2.75, 3.05) is 31.7 Å². The number of aromatic nitrogens is 1. The van der Waals surface area contributed by atoms with Crippen LogP contribution in [0.4, 0.5) is 5.82 Å². The van der Waals surface area contributed by atoms with Crippen molar-refractivity contribution in [3.05, 3.63) is 22.8 Å². The lowest BCUT2D eigenvalue weighted by atomic mass is 10.4. The molecule has 16 heavy (non-hydrogen) atoms. The molecule has 0 aliphatic heterocycles. The van der Waals surface area contributed by atoms with Crippen molar-refractivity contribution < 1.29 is 4.74 Å². The standard InChI is InChI=1S/C12H17BrN2O/c1-15(7-8-16-9-10-4-5-10)12-11(13)3-2-6-14-12/h2-3,6,10H,4-5,7-9H2,1H3. The second-order valence-electron chi connectivity index (χ2n) is 4.25. The Hall–Kier alpha value is -0.610. The van der Waals surface area contributed by atoms with Crippen molar-refractivity contribution in [3.8, 4) is 0 Å². The van der Waals surface area contributed by atoms with Crippen LogP contribution in [0.3, 0.4) is 0 Å². The lowest BCUT2D eigenvalue weighted by Crippen LogP contribution is -2.24. The van der Waals surface area contributed by atoms with Gasteiger partial charge < -0.3 is 9.64 Å². The maximum Gasteiger partial charge on any atom is 0.142 e. The quantitative estimate of drug-likeness (QED) is 0.751. The van der Waals surface area contributed by atoms with Gasteiger partial charge in [0, 0.05) is 26.4 Å². The SMILES string of the molecule is CN(CCOCC1CC1)c1ncccc1Br. The van der Waals surface area contributed by atoms with Crippen LogP contribution < -0.4 is 4.90 Å². The molecular formula is C12H17BrN2O. The van der Waals surface area contributed by atoms with Crippen LogP contribution in [0, 0.1) is 5.92 Å². The summed E-state index contributed by atoms with van der Waals surface area (Å²) in [7, 11) is 2.04. The largest absolute Gasteiger partial charge is 0.379 e. The van der Waals surface area contributed by atoms with Crippen molar-refractivity contribution in [1.29, 1.82) is 0 Å². The molecule has 1 saturated carbocycles. The van der Waals surface area contributed by atoms with Crippen LogP contribution in [0.5, 0.6) is 0 Å². The average Bonchev–Trinajstić information content (AvgIpc) is 3.08. The van der Waals surface area contributed by atoms with Crippen LogP contribution in [-0.2, 0) is 4.74 Å². The highest BCUT2D eigenvalue weighted by Gasteiger charge is 2.21. The van der Waals surface area contributed by atoms with E-state index in [1.807, 2.05) is 25.4 Å². The molecule has 88 valence electrons. The second kappa shape index (κ2) is 5.64. The Kier molecular flexibility index (Phi) is 4.18. The van der Waals surface area contributed by atoms with Gasteiger partial charge in [-0.25, -0.2) is 4.98 Å². The lowest BCUT2D eigenvalue weighted by molar-refractivity contribution is 0.130. The van der Waals surface area contributed by atoms with Gasteiger partial charge >= 0.3 is 0 Å². The molecule has 3 nitrogen and oxygen atoms in total. The van der Waals surface area contributed by atoms with Crippen molar-refractivity contribution >= 4 is 21.7 Å². The number of rotatable bonds is 6. The van der Waals surface area contributed by atoms with E-state index in [9.17, 15) is 0 Å². The third-order valence-electron chi connectivity index (χ3n) is 2.72. The topological polar surface area (TPSA) is 25.4 Å². The number of hydrogen-bond donors (Lipinski definition) is 0. The monoisotopic (exact) mass is 284 g/mol. The summed E-state index contributed by atoms with van der Waals surface area (Å²) in [4.78, 5) is 6.44. The van der Waals surface area contributed by atoms with Crippen molar-refractivity contribution in [1.82, 2.24) is 4.98 Å². The van der Waals surface area contributed by atoms with Crippen LogP contribution in [-0.4, -0.2) is 31.8 Å². The maximum absolute atomic E-state index is 5.60. The Morgan fingerprint density at radius 1 is 1.56 bits per heavy atom. The minimum absolute atomic E-state index is 0.774. The van der Waals surface area contributed by atoms with Gasteiger partial charge in [-0.05, 0) is 46.8 Å². The van der Waals surface area contributed by atoms with E-state index in [0.717, 1.165) is 36.0 Å². The van der Waals surface area contributed by atoms with Crippen LogP contribution in [0.25, 0.3) is 0 Å². The summed E-state index contributed by atoms with van der Waals surface area (Å²) in [6.45, 7) is 2.58. The maximum atomic E-state index is 5.60. The van der Waals surface area contributed by atoms with Crippen molar-refractivity contribution in [2.45, 2.75) is 12.8 Å². The van der Waals surface area contributed by atoms with E-state index in [4.69, 9.17) is 4.74 Å². The number of pyridine rings is 1. The number of hydrogen-bond acceptors (Lipinski definition) is 3. The first-order valence-electron chi connectivity index (χ1n) is 5.67. The Morgan fingerprint density at radius 3 is 3.06 bits per heavy atom. The first kappa shape index (κ1) is 11.9. The molecule has 0 unspecified atom stereocenters. The van der Waals surface area contributed by atoms with Gasteiger partial charge in [0.15, 0.2) is 0 Å². The highest BCUT2D eigenvalue weighted by Crippen LogP contribution is 2.28. The molecule has 1 aromatic heterocycles. The van der Waals surface area contributed by atoms with Gasteiger partial charge in [-0.1, -0.05) is 0 Å². The summed E-state index contributed by atoms with van der Waals surface area (Å²) in [6.07, 6.45) is 4.50. The summed E-state index contributed by atoms with van der Waals surface area (Å²) < 4.78 is 6.63. The normalized spacial score (nSPS) is 15.1. The molecule has 0 amide bonds. The Labute approximate surface area is 105 Å². The predicted molar refractivity (Wildman–Crippen MR) is 68.8 cm³/mol. The molecule has 2 rings (SSSR count). The van der Waals surface area contributed by atoms with Crippen LogP contribution in [0.15, 0.2) is 22.8 Å². The molecule has 0 aromatic carbocycles. The molecule has 1 aromatic rings. The second-order valence-corrected chi connectivity index (χ2v) is 5.10. The van der Waals surface area contributed by atoms with Gasteiger partial charge in [0.2, 0.25) is 0 Å². The number of ether oxygens (including phenoxy) is 1. The molecule has 1 aliphatic carbocycles. The van der Waals surface area contributed by atoms with Crippen molar-refractivity contribution in [3.63, 3.8) is 0 Å².